The molecular weight excluding hydrogens is 414 g/mol. The van der Waals surface area contributed by atoms with Crippen molar-refractivity contribution in [2.24, 2.45) is 0 Å². The summed E-state index contributed by atoms with van der Waals surface area (Å²) in [6, 6.07) is 5.28. The summed E-state index contributed by atoms with van der Waals surface area (Å²) in [5, 5.41) is 10.4. The summed E-state index contributed by atoms with van der Waals surface area (Å²) in [6.07, 6.45) is 2.58. The Balaban J connectivity index is 1.16. The van der Waals surface area contributed by atoms with Crippen LogP contribution in [0.3, 0.4) is 0 Å². The Morgan fingerprint density at radius 2 is 2.13 bits per heavy atom. The van der Waals surface area contributed by atoms with Gasteiger partial charge in [0.1, 0.15) is 6.04 Å². The fourth-order valence-corrected chi connectivity index (χ4v) is 5.54. The van der Waals surface area contributed by atoms with Crippen LogP contribution in [0.25, 0.3) is 0 Å². The van der Waals surface area contributed by atoms with E-state index in [1.807, 2.05) is 18.2 Å². The van der Waals surface area contributed by atoms with Crippen LogP contribution in [0.5, 0.6) is 0 Å². The number of carbonyl (C=O) groups excluding carboxylic acids is 3. The summed E-state index contributed by atoms with van der Waals surface area (Å²) in [4.78, 5) is 44.0. The maximum atomic E-state index is 12.8. The molecule has 9 heteroatoms. The number of hydrogen-bond acceptors (Lipinski definition) is 7. The van der Waals surface area contributed by atoms with Gasteiger partial charge in [0.05, 0.1) is 10.7 Å². The molecule has 3 N–H and O–H groups in total. The van der Waals surface area contributed by atoms with Gasteiger partial charge in [-0.15, -0.1) is 11.3 Å². The largest absolute Gasteiger partial charge is 0.322 e. The number of carbonyl (C=O) groups is 3. The van der Waals surface area contributed by atoms with Crippen LogP contribution in [-0.2, 0) is 42.1 Å². The molecule has 3 amide bonds. The minimum Gasteiger partial charge on any atom is -0.322 e. The predicted octanol–water partition coefficient (Wildman–Crippen LogP) is 0.882. The Bertz CT molecular complexity index is 1030. The molecule has 31 heavy (non-hydrogen) atoms. The van der Waals surface area contributed by atoms with Gasteiger partial charge in [-0.25, -0.2) is 4.98 Å². The number of imide groups is 1. The normalized spacial score (nSPS) is 20.6. The van der Waals surface area contributed by atoms with Gasteiger partial charge in [-0.05, 0) is 23.6 Å². The maximum absolute atomic E-state index is 12.8. The van der Waals surface area contributed by atoms with Gasteiger partial charge >= 0.3 is 0 Å². The van der Waals surface area contributed by atoms with Crippen molar-refractivity contribution in [3.05, 3.63) is 50.5 Å². The summed E-state index contributed by atoms with van der Waals surface area (Å²) < 4.78 is 0. The van der Waals surface area contributed by atoms with E-state index in [1.165, 1.54) is 15.6 Å². The molecular formula is C22H25N5O3S. The van der Waals surface area contributed by atoms with Crippen molar-refractivity contribution in [3.63, 3.8) is 0 Å². The van der Waals surface area contributed by atoms with Crippen molar-refractivity contribution in [2.75, 3.05) is 13.1 Å². The third-order valence-electron chi connectivity index (χ3n) is 6.08. The number of thiazole rings is 1. The van der Waals surface area contributed by atoms with Crippen LogP contribution < -0.4 is 16.0 Å². The smallest absolute Gasteiger partial charge is 0.255 e. The lowest BCUT2D eigenvalue weighted by Gasteiger charge is -2.29. The molecule has 0 bridgehead atoms. The molecule has 1 unspecified atom stereocenters. The quantitative estimate of drug-likeness (QED) is 0.456. The van der Waals surface area contributed by atoms with Crippen LogP contribution >= 0.6 is 11.3 Å². The average Bonchev–Trinajstić information content (AvgIpc) is 3.32. The highest BCUT2D eigenvalue weighted by Crippen LogP contribution is 2.28. The first-order valence-electron chi connectivity index (χ1n) is 10.7. The van der Waals surface area contributed by atoms with Gasteiger partial charge in [0, 0.05) is 62.4 Å². The lowest BCUT2D eigenvalue weighted by atomic mass is 10.0. The summed E-state index contributed by atoms with van der Waals surface area (Å²) in [6.45, 7) is 3.91. The van der Waals surface area contributed by atoms with Crippen molar-refractivity contribution < 1.29 is 14.4 Å². The highest BCUT2D eigenvalue weighted by molar-refractivity contribution is 7.11. The van der Waals surface area contributed by atoms with E-state index in [9.17, 15) is 14.4 Å². The topological polar surface area (TPSA) is 103 Å². The van der Waals surface area contributed by atoms with Crippen LogP contribution in [0.15, 0.2) is 18.2 Å². The van der Waals surface area contributed by atoms with Crippen LogP contribution in [0.1, 0.15) is 49.9 Å². The second-order valence-corrected chi connectivity index (χ2v) is 9.39. The van der Waals surface area contributed by atoms with Gasteiger partial charge in [0.15, 0.2) is 0 Å². The van der Waals surface area contributed by atoms with E-state index in [-0.39, 0.29) is 24.1 Å². The van der Waals surface area contributed by atoms with Gasteiger partial charge in [-0.1, -0.05) is 12.1 Å². The first-order valence-corrected chi connectivity index (χ1v) is 11.6. The first-order chi connectivity index (χ1) is 15.1. The van der Waals surface area contributed by atoms with E-state index in [2.05, 4.69) is 16.0 Å². The summed E-state index contributed by atoms with van der Waals surface area (Å²) in [7, 11) is 0. The number of nitrogens with one attached hydrogen (secondary N) is 3. The Kier molecular flexibility index (Phi) is 5.56. The Labute approximate surface area is 184 Å². The fraction of sp³-hybridized carbons (Fsp3) is 0.455. The van der Waals surface area contributed by atoms with Crippen molar-refractivity contribution in [3.8, 4) is 0 Å². The minimum absolute atomic E-state index is 0.133. The standard InChI is InChI=1S/C22H25N5O3S/c28-19-4-3-17(21(29)26-19)27-12-14-9-13(1-2-15(14)22(27)30)10-23-8-6-20-25-16-5-7-24-11-18(16)31-20/h1-2,9,17,23-24H,3-8,10-12H2,(H,26,28,29). The highest BCUT2D eigenvalue weighted by atomic mass is 32.1. The van der Waals surface area contributed by atoms with Crippen molar-refractivity contribution in [1.29, 1.82) is 0 Å². The van der Waals surface area contributed by atoms with Crippen molar-refractivity contribution in [2.45, 2.75) is 51.4 Å². The summed E-state index contributed by atoms with van der Waals surface area (Å²) in [5.41, 5.74) is 3.95. The number of piperidine rings is 1. The Hall–Kier alpha value is -2.62. The van der Waals surface area contributed by atoms with E-state index in [0.717, 1.165) is 43.6 Å². The van der Waals surface area contributed by atoms with E-state index in [0.29, 0.717) is 25.1 Å². The van der Waals surface area contributed by atoms with Crippen LogP contribution in [0, 0.1) is 0 Å². The molecule has 1 aromatic carbocycles. The second-order valence-electron chi connectivity index (χ2n) is 8.22. The van der Waals surface area contributed by atoms with Gasteiger partial charge in [0.25, 0.3) is 5.91 Å². The molecule has 0 radical (unpaired) electrons. The van der Waals surface area contributed by atoms with Crippen LogP contribution in [-0.4, -0.2) is 46.7 Å². The monoisotopic (exact) mass is 439 g/mol. The zero-order valence-corrected chi connectivity index (χ0v) is 18.0. The third-order valence-corrected chi connectivity index (χ3v) is 7.24. The van der Waals surface area contributed by atoms with Gasteiger partial charge in [-0.3, -0.25) is 19.7 Å². The molecule has 4 heterocycles. The number of fused-ring (bicyclic) bond motifs is 2. The van der Waals surface area contributed by atoms with Gasteiger partial charge in [-0.2, -0.15) is 0 Å². The zero-order valence-electron chi connectivity index (χ0n) is 17.2. The molecule has 162 valence electrons. The van der Waals surface area contributed by atoms with E-state index < -0.39 is 6.04 Å². The van der Waals surface area contributed by atoms with Gasteiger partial charge in [0.2, 0.25) is 11.8 Å². The maximum Gasteiger partial charge on any atom is 0.255 e. The molecule has 0 aliphatic carbocycles. The molecule has 0 spiro atoms. The molecule has 3 aliphatic rings. The Morgan fingerprint density at radius 3 is 2.97 bits per heavy atom. The molecule has 1 fully saturated rings. The van der Waals surface area contributed by atoms with Crippen LogP contribution in [0.2, 0.25) is 0 Å². The molecule has 1 atom stereocenters. The Morgan fingerprint density at radius 1 is 1.23 bits per heavy atom. The number of aromatic nitrogens is 1. The number of hydrogen-bond donors (Lipinski definition) is 3. The van der Waals surface area contributed by atoms with Crippen molar-refractivity contribution in [1.82, 2.24) is 25.8 Å². The lowest BCUT2D eigenvalue weighted by molar-refractivity contribution is -0.136. The fourth-order valence-electron chi connectivity index (χ4n) is 4.45. The number of benzene rings is 1. The molecule has 8 nitrogen and oxygen atoms in total. The molecule has 2 aromatic rings. The molecule has 3 aliphatic heterocycles. The number of nitrogens with zero attached hydrogens (tertiary/aromatic N) is 2. The molecule has 1 saturated heterocycles. The molecule has 1 aromatic heterocycles. The molecule has 5 rings (SSSR count). The predicted molar refractivity (Wildman–Crippen MR) is 115 cm³/mol. The second kappa shape index (κ2) is 8.49. The highest BCUT2D eigenvalue weighted by Gasteiger charge is 2.39. The average molecular weight is 440 g/mol. The number of rotatable bonds is 6. The van der Waals surface area contributed by atoms with E-state index in [4.69, 9.17) is 4.98 Å². The van der Waals surface area contributed by atoms with E-state index in [1.54, 1.807) is 16.2 Å². The third kappa shape index (κ3) is 4.13. The number of amides is 3. The first kappa shape index (κ1) is 20.3. The molecule has 0 saturated carbocycles. The summed E-state index contributed by atoms with van der Waals surface area (Å²) in [5.74, 6) is -0.779. The lowest BCUT2D eigenvalue weighted by Crippen LogP contribution is -2.52. The zero-order chi connectivity index (χ0) is 21.4. The SMILES string of the molecule is O=C1CCC(N2Cc3cc(CNCCc4nc5c(s4)CNCC5)ccc3C2=O)C(=O)N1. The van der Waals surface area contributed by atoms with Crippen LogP contribution in [0.4, 0.5) is 0 Å². The van der Waals surface area contributed by atoms with E-state index >= 15 is 0 Å². The summed E-state index contributed by atoms with van der Waals surface area (Å²) >= 11 is 1.80. The van der Waals surface area contributed by atoms with Crippen molar-refractivity contribution >= 4 is 29.1 Å². The minimum atomic E-state index is -0.571. The van der Waals surface area contributed by atoms with Gasteiger partial charge < -0.3 is 15.5 Å².